The van der Waals surface area contributed by atoms with E-state index in [1.54, 1.807) is 23.0 Å². The molecule has 0 saturated heterocycles. The summed E-state index contributed by atoms with van der Waals surface area (Å²) in [6.07, 6.45) is 3.15. The molecule has 0 radical (unpaired) electrons. The predicted molar refractivity (Wildman–Crippen MR) is 104 cm³/mol. The Hall–Kier alpha value is -2.67. The molecule has 0 aliphatic heterocycles. The first-order valence-corrected chi connectivity index (χ1v) is 9.04. The van der Waals surface area contributed by atoms with Gasteiger partial charge >= 0.3 is 6.03 Å². The fourth-order valence-electron chi connectivity index (χ4n) is 2.60. The average molecular weight is 414 g/mol. The zero-order valence-electron chi connectivity index (χ0n) is 14.6. The van der Waals surface area contributed by atoms with Crippen molar-refractivity contribution in [2.75, 3.05) is 7.05 Å². The molecular weight excluding hydrogens is 394 g/mol. The lowest BCUT2D eigenvalue weighted by atomic mass is 10.1. The quantitative estimate of drug-likeness (QED) is 0.688. The van der Waals surface area contributed by atoms with Crippen molar-refractivity contribution in [3.63, 3.8) is 0 Å². The van der Waals surface area contributed by atoms with Crippen LogP contribution in [0.3, 0.4) is 0 Å². The van der Waals surface area contributed by atoms with Gasteiger partial charge in [0.1, 0.15) is 12.7 Å². The molecular formula is C19H20BrN5O. The van der Waals surface area contributed by atoms with Crippen molar-refractivity contribution in [3.8, 4) is 5.69 Å². The van der Waals surface area contributed by atoms with Crippen LogP contribution in [0.15, 0.2) is 65.7 Å². The minimum absolute atomic E-state index is 0.0534. The number of nitrogens with one attached hydrogen (secondary N) is 1. The van der Waals surface area contributed by atoms with E-state index in [-0.39, 0.29) is 12.1 Å². The minimum atomic E-state index is -0.113. The molecule has 0 aliphatic carbocycles. The van der Waals surface area contributed by atoms with Crippen molar-refractivity contribution in [1.82, 2.24) is 25.0 Å². The third-order valence-electron chi connectivity index (χ3n) is 4.29. The smallest absolute Gasteiger partial charge is 0.317 e. The molecule has 0 aliphatic rings. The number of hydrogen-bond acceptors (Lipinski definition) is 3. The Bertz CT molecular complexity index is 864. The molecule has 26 heavy (non-hydrogen) atoms. The standard InChI is InChI=1S/C19H20BrN5O/c1-14(16-6-8-18(9-7-16)25-13-21-12-23-25)24(2)19(26)22-11-15-4-3-5-17(20)10-15/h3-10,12-14H,11H2,1-2H3,(H,22,26). The van der Waals surface area contributed by atoms with Crippen LogP contribution in [0.4, 0.5) is 4.79 Å². The molecule has 1 atom stereocenters. The molecule has 3 aromatic rings. The number of urea groups is 1. The molecule has 0 bridgehead atoms. The second kappa shape index (κ2) is 8.14. The van der Waals surface area contributed by atoms with E-state index in [1.807, 2.05) is 55.5 Å². The van der Waals surface area contributed by atoms with Crippen LogP contribution < -0.4 is 5.32 Å². The maximum Gasteiger partial charge on any atom is 0.317 e. The fourth-order valence-corrected chi connectivity index (χ4v) is 3.04. The van der Waals surface area contributed by atoms with Crippen LogP contribution in [0, 0.1) is 0 Å². The van der Waals surface area contributed by atoms with Gasteiger partial charge in [-0.15, -0.1) is 0 Å². The van der Waals surface area contributed by atoms with Crippen LogP contribution in [0.25, 0.3) is 5.69 Å². The summed E-state index contributed by atoms with van der Waals surface area (Å²) in [7, 11) is 1.80. The summed E-state index contributed by atoms with van der Waals surface area (Å²) in [5, 5.41) is 7.07. The van der Waals surface area contributed by atoms with Gasteiger partial charge in [-0.3, -0.25) is 0 Å². The minimum Gasteiger partial charge on any atom is -0.334 e. The van der Waals surface area contributed by atoms with E-state index in [0.717, 1.165) is 21.3 Å². The van der Waals surface area contributed by atoms with Crippen molar-refractivity contribution < 1.29 is 4.79 Å². The zero-order valence-corrected chi connectivity index (χ0v) is 16.2. The van der Waals surface area contributed by atoms with E-state index in [1.165, 1.54) is 6.33 Å². The predicted octanol–water partition coefficient (Wildman–Crippen LogP) is 3.93. The summed E-state index contributed by atoms with van der Waals surface area (Å²) in [5.41, 5.74) is 3.03. The SMILES string of the molecule is CC(c1ccc(-n2cncn2)cc1)N(C)C(=O)NCc1cccc(Br)c1. The summed E-state index contributed by atoms with van der Waals surface area (Å²) >= 11 is 3.44. The molecule has 1 aromatic heterocycles. The van der Waals surface area contributed by atoms with Gasteiger partial charge in [-0.1, -0.05) is 40.2 Å². The molecule has 0 fully saturated rings. The third-order valence-corrected chi connectivity index (χ3v) is 4.79. The highest BCUT2D eigenvalue weighted by atomic mass is 79.9. The number of benzene rings is 2. The number of halogens is 1. The average Bonchev–Trinajstić information content (AvgIpc) is 3.20. The van der Waals surface area contributed by atoms with E-state index in [4.69, 9.17) is 0 Å². The molecule has 0 spiro atoms. The van der Waals surface area contributed by atoms with Crippen molar-refractivity contribution >= 4 is 22.0 Å². The van der Waals surface area contributed by atoms with Gasteiger partial charge in [-0.2, -0.15) is 5.10 Å². The highest BCUT2D eigenvalue weighted by molar-refractivity contribution is 9.10. The fraction of sp³-hybridized carbons (Fsp3) is 0.211. The summed E-state index contributed by atoms with van der Waals surface area (Å²) in [5.74, 6) is 0. The lowest BCUT2D eigenvalue weighted by molar-refractivity contribution is 0.194. The van der Waals surface area contributed by atoms with Crippen molar-refractivity contribution in [3.05, 3.63) is 76.8 Å². The second-order valence-corrected chi connectivity index (χ2v) is 6.92. The van der Waals surface area contributed by atoms with E-state index in [2.05, 4.69) is 31.3 Å². The largest absolute Gasteiger partial charge is 0.334 e. The van der Waals surface area contributed by atoms with Gasteiger partial charge in [0.15, 0.2) is 0 Å². The molecule has 2 amide bonds. The van der Waals surface area contributed by atoms with Gasteiger partial charge in [-0.25, -0.2) is 14.5 Å². The number of hydrogen-bond donors (Lipinski definition) is 1. The number of carbonyl (C=O) groups is 1. The normalized spacial score (nSPS) is 11.8. The Kier molecular flexibility index (Phi) is 5.68. The first kappa shape index (κ1) is 18.1. The summed E-state index contributed by atoms with van der Waals surface area (Å²) in [6.45, 7) is 2.49. The zero-order chi connectivity index (χ0) is 18.5. The molecule has 3 rings (SSSR count). The van der Waals surface area contributed by atoms with Gasteiger partial charge < -0.3 is 10.2 Å². The van der Waals surface area contributed by atoms with Crippen molar-refractivity contribution in [2.24, 2.45) is 0 Å². The molecule has 0 saturated carbocycles. The summed E-state index contributed by atoms with van der Waals surface area (Å²) in [4.78, 5) is 18.1. The van der Waals surface area contributed by atoms with Crippen LogP contribution in [-0.4, -0.2) is 32.7 Å². The Balaban J connectivity index is 1.61. The first-order chi connectivity index (χ1) is 12.5. The van der Waals surface area contributed by atoms with Crippen LogP contribution in [0.1, 0.15) is 24.1 Å². The number of rotatable bonds is 5. The number of amides is 2. The highest BCUT2D eigenvalue weighted by Gasteiger charge is 2.17. The Labute approximate surface area is 161 Å². The van der Waals surface area contributed by atoms with E-state index >= 15 is 0 Å². The van der Waals surface area contributed by atoms with Gasteiger partial charge in [0, 0.05) is 18.1 Å². The lowest BCUT2D eigenvalue weighted by Gasteiger charge is -2.26. The van der Waals surface area contributed by atoms with Gasteiger partial charge in [0.25, 0.3) is 0 Å². The topological polar surface area (TPSA) is 63.1 Å². The first-order valence-electron chi connectivity index (χ1n) is 8.24. The molecule has 6 nitrogen and oxygen atoms in total. The molecule has 7 heteroatoms. The molecule has 134 valence electrons. The Morgan fingerprint density at radius 2 is 2.04 bits per heavy atom. The van der Waals surface area contributed by atoms with E-state index in [9.17, 15) is 4.79 Å². The Morgan fingerprint density at radius 1 is 1.27 bits per heavy atom. The third kappa shape index (κ3) is 4.29. The summed E-state index contributed by atoms with van der Waals surface area (Å²) < 4.78 is 2.70. The molecule has 1 N–H and O–H groups in total. The number of carbonyl (C=O) groups excluding carboxylic acids is 1. The molecule has 1 unspecified atom stereocenters. The van der Waals surface area contributed by atoms with Crippen LogP contribution >= 0.6 is 15.9 Å². The van der Waals surface area contributed by atoms with Crippen LogP contribution in [0.5, 0.6) is 0 Å². The number of nitrogens with zero attached hydrogens (tertiary/aromatic N) is 4. The monoisotopic (exact) mass is 413 g/mol. The highest BCUT2D eigenvalue weighted by Crippen LogP contribution is 2.20. The molecule has 1 heterocycles. The van der Waals surface area contributed by atoms with Crippen LogP contribution in [0.2, 0.25) is 0 Å². The maximum absolute atomic E-state index is 12.5. The molecule has 2 aromatic carbocycles. The van der Waals surface area contributed by atoms with Crippen LogP contribution in [-0.2, 0) is 6.54 Å². The van der Waals surface area contributed by atoms with Gasteiger partial charge in [0.05, 0.1) is 11.7 Å². The lowest BCUT2D eigenvalue weighted by Crippen LogP contribution is -2.38. The van der Waals surface area contributed by atoms with Gasteiger partial charge in [-0.05, 0) is 42.3 Å². The van der Waals surface area contributed by atoms with E-state index in [0.29, 0.717) is 6.54 Å². The van der Waals surface area contributed by atoms with Gasteiger partial charge in [0.2, 0.25) is 0 Å². The number of aromatic nitrogens is 3. The van der Waals surface area contributed by atoms with Crippen molar-refractivity contribution in [2.45, 2.75) is 19.5 Å². The summed E-state index contributed by atoms with van der Waals surface area (Å²) in [6, 6.07) is 15.7. The Morgan fingerprint density at radius 3 is 2.69 bits per heavy atom. The second-order valence-electron chi connectivity index (χ2n) is 6.01. The van der Waals surface area contributed by atoms with Crippen molar-refractivity contribution in [1.29, 1.82) is 0 Å². The van der Waals surface area contributed by atoms with E-state index < -0.39 is 0 Å². The maximum atomic E-state index is 12.5.